The highest BCUT2D eigenvalue weighted by Crippen LogP contribution is 2.36. The lowest BCUT2D eigenvalue weighted by Crippen LogP contribution is -2.13. The molecule has 2 N–H and O–H groups in total. The van der Waals surface area contributed by atoms with Crippen LogP contribution in [0.3, 0.4) is 0 Å². The fraction of sp³-hybridized carbons (Fsp3) is 0.222. The van der Waals surface area contributed by atoms with Gasteiger partial charge in [-0.2, -0.15) is 0 Å². The largest absolute Gasteiger partial charge is 0.507 e. The Balaban J connectivity index is 2.27. The normalized spacial score (nSPS) is 11.8. The number of nitrogens with one attached hydrogen (secondary N) is 1. The Labute approximate surface area is 128 Å². The first-order valence-corrected chi connectivity index (χ1v) is 7.20. The molecular formula is C18H18N2O2. The van der Waals surface area contributed by atoms with Crippen molar-refractivity contribution in [1.82, 2.24) is 9.97 Å². The van der Waals surface area contributed by atoms with Gasteiger partial charge in [0, 0.05) is 0 Å². The van der Waals surface area contributed by atoms with E-state index in [-0.39, 0.29) is 16.7 Å². The molecule has 0 amide bonds. The van der Waals surface area contributed by atoms with Crippen molar-refractivity contribution in [3.63, 3.8) is 0 Å². The summed E-state index contributed by atoms with van der Waals surface area (Å²) >= 11 is 0. The van der Waals surface area contributed by atoms with Gasteiger partial charge >= 0.3 is 0 Å². The van der Waals surface area contributed by atoms with Gasteiger partial charge in [0.1, 0.15) is 11.6 Å². The first-order valence-electron chi connectivity index (χ1n) is 7.20. The molecule has 4 heteroatoms. The average molecular weight is 294 g/mol. The molecule has 0 atom stereocenters. The summed E-state index contributed by atoms with van der Waals surface area (Å²) < 4.78 is 0. The lowest BCUT2D eigenvalue weighted by molar-refractivity contribution is 0.448. The van der Waals surface area contributed by atoms with E-state index in [1.54, 1.807) is 24.3 Å². The molecule has 2 aromatic carbocycles. The van der Waals surface area contributed by atoms with Gasteiger partial charge in [-0.1, -0.05) is 45.0 Å². The van der Waals surface area contributed by atoms with Crippen molar-refractivity contribution in [2.75, 3.05) is 0 Å². The Hall–Kier alpha value is -2.62. The summed E-state index contributed by atoms with van der Waals surface area (Å²) in [7, 11) is 0. The Morgan fingerprint density at radius 3 is 2.50 bits per heavy atom. The third-order valence-electron chi connectivity index (χ3n) is 3.71. The smallest absolute Gasteiger partial charge is 0.259 e. The second kappa shape index (κ2) is 4.98. The van der Waals surface area contributed by atoms with Crippen molar-refractivity contribution in [3.8, 4) is 17.1 Å². The number of aromatic nitrogens is 2. The molecule has 0 bridgehead atoms. The quantitative estimate of drug-likeness (QED) is 0.720. The molecule has 0 fully saturated rings. The van der Waals surface area contributed by atoms with Crippen LogP contribution in [-0.2, 0) is 5.41 Å². The minimum absolute atomic E-state index is 0.161. The maximum atomic E-state index is 12.2. The summed E-state index contributed by atoms with van der Waals surface area (Å²) in [6, 6.07) is 12.7. The number of phenols is 1. The maximum absolute atomic E-state index is 12.2. The molecule has 0 saturated carbocycles. The van der Waals surface area contributed by atoms with E-state index in [0.29, 0.717) is 22.3 Å². The number of fused-ring (bicyclic) bond motifs is 1. The molecule has 112 valence electrons. The zero-order valence-corrected chi connectivity index (χ0v) is 12.8. The van der Waals surface area contributed by atoms with Crippen LogP contribution in [0.4, 0.5) is 0 Å². The van der Waals surface area contributed by atoms with Gasteiger partial charge in [0.05, 0.1) is 16.5 Å². The minimum Gasteiger partial charge on any atom is -0.507 e. The highest BCUT2D eigenvalue weighted by molar-refractivity contribution is 5.80. The third-order valence-corrected chi connectivity index (χ3v) is 3.71. The van der Waals surface area contributed by atoms with Crippen LogP contribution >= 0.6 is 0 Å². The van der Waals surface area contributed by atoms with Gasteiger partial charge in [0.25, 0.3) is 5.56 Å². The lowest BCUT2D eigenvalue weighted by Gasteiger charge is -2.21. The van der Waals surface area contributed by atoms with E-state index in [4.69, 9.17) is 0 Å². The molecule has 0 aliphatic rings. The summed E-state index contributed by atoms with van der Waals surface area (Å²) in [5.41, 5.74) is 1.57. The second-order valence-corrected chi connectivity index (χ2v) is 6.38. The van der Waals surface area contributed by atoms with E-state index < -0.39 is 0 Å². The number of rotatable bonds is 1. The topological polar surface area (TPSA) is 66.0 Å². The summed E-state index contributed by atoms with van der Waals surface area (Å²) in [6.45, 7) is 6.09. The van der Waals surface area contributed by atoms with Gasteiger partial charge in [-0.05, 0) is 29.2 Å². The van der Waals surface area contributed by atoms with Crippen molar-refractivity contribution in [2.24, 2.45) is 0 Å². The second-order valence-electron chi connectivity index (χ2n) is 6.38. The van der Waals surface area contributed by atoms with Crippen LogP contribution in [0.5, 0.6) is 5.75 Å². The zero-order valence-electron chi connectivity index (χ0n) is 12.8. The molecular weight excluding hydrogens is 276 g/mol. The fourth-order valence-corrected chi connectivity index (χ4v) is 2.55. The first kappa shape index (κ1) is 14.3. The highest BCUT2D eigenvalue weighted by Gasteiger charge is 2.21. The van der Waals surface area contributed by atoms with Crippen molar-refractivity contribution >= 4 is 10.9 Å². The standard InChI is InChI=1S/C18H18N2O2/c1-18(2,3)13-9-6-8-12(15(13)21)16-19-14-10-5-4-7-11(14)17(22)20-16/h4-10,21H,1-3H3,(H,19,20,22). The summed E-state index contributed by atoms with van der Waals surface area (Å²) in [5.74, 6) is 0.542. The van der Waals surface area contributed by atoms with Crippen molar-refractivity contribution in [2.45, 2.75) is 26.2 Å². The molecule has 0 saturated heterocycles. The van der Waals surface area contributed by atoms with Crippen molar-refractivity contribution in [1.29, 1.82) is 0 Å². The van der Waals surface area contributed by atoms with Gasteiger partial charge in [-0.25, -0.2) is 4.98 Å². The van der Waals surface area contributed by atoms with E-state index in [1.165, 1.54) is 0 Å². The number of para-hydroxylation sites is 2. The lowest BCUT2D eigenvalue weighted by atomic mass is 9.85. The predicted molar refractivity (Wildman–Crippen MR) is 88.2 cm³/mol. The van der Waals surface area contributed by atoms with Crippen LogP contribution in [0.25, 0.3) is 22.3 Å². The fourth-order valence-electron chi connectivity index (χ4n) is 2.55. The van der Waals surface area contributed by atoms with Gasteiger partial charge in [-0.3, -0.25) is 4.79 Å². The molecule has 1 aromatic heterocycles. The number of nitrogens with zero attached hydrogens (tertiary/aromatic N) is 1. The van der Waals surface area contributed by atoms with Crippen LogP contribution in [0.2, 0.25) is 0 Å². The number of hydrogen-bond donors (Lipinski definition) is 2. The van der Waals surface area contributed by atoms with Gasteiger partial charge < -0.3 is 10.1 Å². The summed E-state index contributed by atoms with van der Waals surface area (Å²) in [6.07, 6.45) is 0. The van der Waals surface area contributed by atoms with Crippen LogP contribution in [0, 0.1) is 0 Å². The van der Waals surface area contributed by atoms with Crippen LogP contribution in [0.15, 0.2) is 47.3 Å². The highest BCUT2D eigenvalue weighted by atomic mass is 16.3. The van der Waals surface area contributed by atoms with Crippen molar-refractivity contribution in [3.05, 3.63) is 58.4 Å². The molecule has 0 aliphatic heterocycles. The number of hydrogen-bond acceptors (Lipinski definition) is 3. The molecule has 22 heavy (non-hydrogen) atoms. The zero-order chi connectivity index (χ0) is 15.9. The molecule has 0 radical (unpaired) electrons. The molecule has 3 aromatic rings. The number of phenolic OH excluding ortho intramolecular Hbond substituents is 1. The molecule has 0 spiro atoms. The van der Waals surface area contributed by atoms with Gasteiger partial charge in [0.15, 0.2) is 0 Å². The van der Waals surface area contributed by atoms with Crippen LogP contribution in [0.1, 0.15) is 26.3 Å². The Morgan fingerprint density at radius 1 is 1.05 bits per heavy atom. The Kier molecular flexibility index (Phi) is 3.24. The molecule has 1 heterocycles. The van der Waals surface area contributed by atoms with Crippen molar-refractivity contribution < 1.29 is 5.11 Å². The predicted octanol–water partition coefficient (Wildman–Crippen LogP) is 3.59. The Bertz CT molecular complexity index is 905. The molecule has 4 nitrogen and oxygen atoms in total. The number of aromatic hydroxyl groups is 1. The molecule has 0 unspecified atom stereocenters. The number of aromatic amines is 1. The minimum atomic E-state index is -0.207. The monoisotopic (exact) mass is 294 g/mol. The number of H-pyrrole nitrogens is 1. The van der Waals surface area contributed by atoms with Gasteiger partial charge in [0.2, 0.25) is 0 Å². The Morgan fingerprint density at radius 2 is 1.77 bits per heavy atom. The van der Waals surface area contributed by atoms with Crippen LogP contribution in [-0.4, -0.2) is 15.1 Å². The summed E-state index contributed by atoms with van der Waals surface area (Å²) in [5, 5.41) is 11.1. The van der Waals surface area contributed by atoms with E-state index in [2.05, 4.69) is 9.97 Å². The molecule has 3 rings (SSSR count). The maximum Gasteiger partial charge on any atom is 0.259 e. The average Bonchev–Trinajstić information content (AvgIpc) is 2.46. The van der Waals surface area contributed by atoms with Gasteiger partial charge in [-0.15, -0.1) is 0 Å². The first-order chi connectivity index (χ1) is 10.4. The SMILES string of the molecule is CC(C)(C)c1cccc(-c2nc3ccccc3c(=O)[nH]2)c1O. The van der Waals surface area contributed by atoms with E-state index in [1.807, 2.05) is 39.0 Å². The third kappa shape index (κ3) is 2.37. The summed E-state index contributed by atoms with van der Waals surface area (Å²) in [4.78, 5) is 19.4. The van der Waals surface area contributed by atoms with Crippen LogP contribution < -0.4 is 5.56 Å². The number of benzene rings is 2. The van der Waals surface area contributed by atoms with E-state index >= 15 is 0 Å². The van der Waals surface area contributed by atoms with E-state index in [0.717, 1.165) is 5.56 Å². The van der Waals surface area contributed by atoms with E-state index in [9.17, 15) is 9.90 Å². The molecule has 0 aliphatic carbocycles.